The zero-order chi connectivity index (χ0) is 31.4. The van der Waals surface area contributed by atoms with E-state index in [1.165, 1.54) is 6.07 Å². The van der Waals surface area contributed by atoms with E-state index in [1.807, 2.05) is 13.0 Å². The van der Waals surface area contributed by atoms with Crippen LogP contribution in [-0.2, 0) is 21.6 Å². The Labute approximate surface area is 253 Å². The van der Waals surface area contributed by atoms with E-state index in [1.54, 1.807) is 12.4 Å². The maximum Gasteiger partial charge on any atom is 0.185 e. The molecular weight excluding hydrogens is 576 g/mol. The molecule has 3 heterocycles. The average molecular weight is 611 g/mol. The maximum absolute atomic E-state index is 15.4. The van der Waals surface area contributed by atoms with Crippen LogP contribution in [0.15, 0.2) is 42.7 Å². The molecule has 232 valence electrons. The highest BCUT2D eigenvalue weighted by molar-refractivity contribution is 5.96. The fraction of sp³-hybridized carbons (Fsp3) is 0.455. The van der Waals surface area contributed by atoms with Crippen LogP contribution in [0.1, 0.15) is 72.1 Å². The number of nitrogens with zero attached hydrogens (tertiary/aromatic N) is 3. The Kier molecular flexibility index (Phi) is 9.73. The SMILES string of the molecule is C[C@H]1C[C@@H](c2ccncc2CC(=O)c2ccc(F)c(-c3c(F)cc(C4(F)CCOCC4)cc3F)n2)C[C@@H](N)[C@H]1OCCC#N. The van der Waals surface area contributed by atoms with Gasteiger partial charge in [-0.1, -0.05) is 6.92 Å². The molecule has 0 radical (unpaired) electrons. The number of Topliss-reactive ketones (excluding diaryl/α,β-unsaturated/α-hetero) is 1. The molecule has 1 aromatic carbocycles. The number of aromatic nitrogens is 2. The zero-order valence-corrected chi connectivity index (χ0v) is 24.4. The number of rotatable bonds is 9. The van der Waals surface area contributed by atoms with Crippen molar-refractivity contribution in [3.63, 3.8) is 0 Å². The predicted molar refractivity (Wildman–Crippen MR) is 154 cm³/mol. The van der Waals surface area contributed by atoms with Gasteiger partial charge in [-0.3, -0.25) is 9.78 Å². The standard InChI is InChI=1S/C33H34F4N4O3/c1-19-13-20(14-27(39)32(19)44-10-2-8-38)23-5-9-40-18-21(23)15-29(42)28-4-3-24(34)31(41-28)30-25(35)16-22(17-26(30)36)33(37)6-11-43-12-7-33/h3-5,9,16-20,27,32H,2,6-7,10-15,39H2,1H3/t19-,20+,27+,32-/m0/s1. The number of hydrogen-bond acceptors (Lipinski definition) is 7. The van der Waals surface area contributed by atoms with E-state index in [2.05, 4.69) is 16.0 Å². The lowest BCUT2D eigenvalue weighted by Gasteiger charge is -2.39. The molecule has 1 aliphatic heterocycles. The Hall–Kier alpha value is -3.72. The van der Waals surface area contributed by atoms with E-state index >= 15 is 13.2 Å². The molecule has 3 aromatic rings. The predicted octanol–water partition coefficient (Wildman–Crippen LogP) is 6.10. The van der Waals surface area contributed by atoms with Crippen LogP contribution >= 0.6 is 0 Å². The van der Waals surface area contributed by atoms with Crippen LogP contribution in [0.4, 0.5) is 17.6 Å². The first-order valence-corrected chi connectivity index (χ1v) is 14.7. The summed E-state index contributed by atoms with van der Waals surface area (Å²) in [7, 11) is 0. The van der Waals surface area contributed by atoms with Crippen LogP contribution in [0, 0.1) is 34.7 Å². The summed E-state index contributed by atoms with van der Waals surface area (Å²) >= 11 is 0. The van der Waals surface area contributed by atoms with Crippen molar-refractivity contribution >= 4 is 5.78 Å². The van der Waals surface area contributed by atoms with Crippen LogP contribution < -0.4 is 5.73 Å². The van der Waals surface area contributed by atoms with Gasteiger partial charge < -0.3 is 15.2 Å². The van der Waals surface area contributed by atoms with Crippen LogP contribution in [0.2, 0.25) is 0 Å². The number of carbonyl (C=O) groups excluding carboxylic acids is 1. The molecule has 1 aliphatic carbocycles. The Morgan fingerprint density at radius 2 is 1.86 bits per heavy atom. The average Bonchev–Trinajstić information content (AvgIpc) is 2.99. The highest BCUT2D eigenvalue weighted by Gasteiger charge is 2.37. The molecule has 4 atom stereocenters. The van der Waals surface area contributed by atoms with Crippen molar-refractivity contribution in [2.24, 2.45) is 11.7 Å². The first-order chi connectivity index (χ1) is 21.1. The first-order valence-electron chi connectivity index (χ1n) is 14.7. The van der Waals surface area contributed by atoms with Crippen molar-refractivity contribution in [3.05, 3.63) is 82.6 Å². The number of benzene rings is 1. The molecule has 0 spiro atoms. The zero-order valence-electron chi connectivity index (χ0n) is 24.4. The molecule has 0 amide bonds. The van der Waals surface area contributed by atoms with Gasteiger partial charge in [0.25, 0.3) is 0 Å². The van der Waals surface area contributed by atoms with Gasteiger partial charge in [0.1, 0.15) is 34.5 Å². The second-order valence-electron chi connectivity index (χ2n) is 11.6. The van der Waals surface area contributed by atoms with Gasteiger partial charge in [0.05, 0.1) is 30.8 Å². The van der Waals surface area contributed by atoms with Gasteiger partial charge in [0, 0.05) is 50.9 Å². The van der Waals surface area contributed by atoms with E-state index in [9.17, 15) is 9.18 Å². The summed E-state index contributed by atoms with van der Waals surface area (Å²) in [4.78, 5) is 21.6. The van der Waals surface area contributed by atoms with Gasteiger partial charge in [-0.15, -0.1) is 0 Å². The Morgan fingerprint density at radius 3 is 2.55 bits per heavy atom. The third kappa shape index (κ3) is 6.67. The van der Waals surface area contributed by atoms with E-state index in [0.29, 0.717) is 18.6 Å². The minimum Gasteiger partial charge on any atom is -0.381 e. The molecule has 2 N–H and O–H groups in total. The molecule has 7 nitrogen and oxygen atoms in total. The second kappa shape index (κ2) is 13.5. The number of halogens is 4. The van der Waals surface area contributed by atoms with Crippen LogP contribution in [0.25, 0.3) is 11.3 Å². The van der Waals surface area contributed by atoms with Crippen molar-refractivity contribution in [1.29, 1.82) is 5.26 Å². The summed E-state index contributed by atoms with van der Waals surface area (Å²) < 4.78 is 71.8. The Morgan fingerprint density at radius 1 is 1.14 bits per heavy atom. The summed E-state index contributed by atoms with van der Waals surface area (Å²) in [5, 5.41) is 8.81. The molecule has 1 saturated heterocycles. The molecular formula is C33H34F4N4O3. The largest absolute Gasteiger partial charge is 0.381 e. The minimum atomic E-state index is -1.96. The van der Waals surface area contributed by atoms with E-state index in [0.717, 1.165) is 30.2 Å². The lowest BCUT2D eigenvalue weighted by molar-refractivity contribution is -0.0199. The number of pyridine rings is 2. The topological polar surface area (TPSA) is 111 Å². The molecule has 0 unspecified atom stereocenters. The summed E-state index contributed by atoms with van der Waals surface area (Å²) in [6.07, 6.45) is 4.44. The first kappa shape index (κ1) is 31.7. The lowest BCUT2D eigenvalue weighted by atomic mass is 9.73. The smallest absolute Gasteiger partial charge is 0.185 e. The van der Waals surface area contributed by atoms with Crippen molar-refractivity contribution in [1.82, 2.24) is 9.97 Å². The van der Waals surface area contributed by atoms with Gasteiger partial charge in [-0.25, -0.2) is 22.5 Å². The second-order valence-corrected chi connectivity index (χ2v) is 11.6. The van der Waals surface area contributed by atoms with Crippen molar-refractivity contribution in [3.8, 4) is 17.3 Å². The number of nitriles is 1. The summed E-state index contributed by atoms with van der Waals surface area (Å²) in [5.74, 6) is -3.73. The molecule has 5 rings (SSSR count). The van der Waals surface area contributed by atoms with E-state index in [4.69, 9.17) is 20.5 Å². The van der Waals surface area contributed by atoms with Crippen LogP contribution in [0.3, 0.4) is 0 Å². The number of alkyl halides is 1. The Balaban J connectivity index is 1.37. The molecule has 44 heavy (non-hydrogen) atoms. The molecule has 11 heteroatoms. The van der Waals surface area contributed by atoms with Gasteiger partial charge in [-0.05, 0) is 71.7 Å². The van der Waals surface area contributed by atoms with Gasteiger partial charge in [0.15, 0.2) is 5.78 Å². The molecule has 2 aliphatic rings. The van der Waals surface area contributed by atoms with E-state index in [-0.39, 0.29) is 74.1 Å². The van der Waals surface area contributed by atoms with Crippen molar-refractivity contribution in [2.45, 2.75) is 69.2 Å². The summed E-state index contributed by atoms with van der Waals surface area (Å²) in [6, 6.07) is 7.46. The Bertz CT molecular complexity index is 1520. The third-order valence-corrected chi connectivity index (χ3v) is 8.67. The number of ether oxygens (including phenoxy) is 2. The molecule has 2 aromatic heterocycles. The van der Waals surface area contributed by atoms with Gasteiger partial charge >= 0.3 is 0 Å². The van der Waals surface area contributed by atoms with E-state index < -0.39 is 40.2 Å². The molecule has 1 saturated carbocycles. The number of hydrogen-bond donors (Lipinski definition) is 1. The molecule has 2 fully saturated rings. The number of ketones is 1. The van der Waals surface area contributed by atoms with Crippen molar-refractivity contribution < 1.29 is 31.8 Å². The summed E-state index contributed by atoms with van der Waals surface area (Å²) in [5.41, 5.74) is 4.25. The monoisotopic (exact) mass is 610 g/mol. The quantitative estimate of drug-likeness (QED) is 0.177. The van der Waals surface area contributed by atoms with Crippen LogP contribution in [-0.4, -0.2) is 47.7 Å². The third-order valence-electron chi connectivity index (χ3n) is 8.67. The lowest BCUT2D eigenvalue weighted by Crippen LogP contribution is -2.46. The summed E-state index contributed by atoms with van der Waals surface area (Å²) in [6.45, 7) is 2.59. The normalized spacial score (nSPS) is 23.2. The van der Waals surface area contributed by atoms with Gasteiger partial charge in [0.2, 0.25) is 0 Å². The number of nitrogens with two attached hydrogens (primary N) is 1. The fourth-order valence-corrected chi connectivity index (χ4v) is 6.41. The highest BCUT2D eigenvalue weighted by atomic mass is 19.1. The molecule has 0 bridgehead atoms. The number of carbonyl (C=O) groups is 1. The van der Waals surface area contributed by atoms with Gasteiger partial charge in [-0.2, -0.15) is 5.26 Å². The van der Waals surface area contributed by atoms with Crippen molar-refractivity contribution in [2.75, 3.05) is 19.8 Å². The van der Waals surface area contributed by atoms with Crippen LogP contribution in [0.5, 0.6) is 0 Å². The fourth-order valence-electron chi connectivity index (χ4n) is 6.41. The maximum atomic E-state index is 15.4. The highest BCUT2D eigenvalue weighted by Crippen LogP contribution is 2.40. The minimum absolute atomic E-state index is 0.0228.